The summed E-state index contributed by atoms with van der Waals surface area (Å²) in [7, 11) is -2.00. The predicted octanol–water partition coefficient (Wildman–Crippen LogP) is 3.78. The van der Waals surface area contributed by atoms with Crippen molar-refractivity contribution in [2.24, 2.45) is 0 Å². The van der Waals surface area contributed by atoms with Crippen LogP contribution in [-0.2, 0) is 38.6 Å². The Morgan fingerprint density at radius 2 is 1.79 bits per heavy atom. The highest BCUT2D eigenvalue weighted by molar-refractivity contribution is 7.92. The second kappa shape index (κ2) is 8.67. The van der Waals surface area contributed by atoms with Crippen molar-refractivity contribution in [3.05, 3.63) is 45.8 Å². The first kappa shape index (κ1) is 21.5. The average molecular weight is 436 g/mol. The maximum atomic E-state index is 12.6. The van der Waals surface area contributed by atoms with Crippen molar-refractivity contribution >= 4 is 38.1 Å². The molecule has 6 nitrogen and oxygen atoms in total. The second-order valence-electron chi connectivity index (χ2n) is 7.37. The minimum atomic E-state index is -3.34. The van der Waals surface area contributed by atoms with Crippen molar-refractivity contribution in [2.45, 2.75) is 56.1 Å². The van der Waals surface area contributed by atoms with Gasteiger partial charge in [0.1, 0.15) is 5.00 Å². The van der Waals surface area contributed by atoms with E-state index in [-0.39, 0.29) is 17.2 Å². The van der Waals surface area contributed by atoms with Crippen LogP contribution in [0.15, 0.2) is 29.2 Å². The number of amides is 1. The lowest BCUT2D eigenvalue weighted by atomic mass is 9.95. The number of ether oxygens (including phenoxy) is 1. The molecule has 0 saturated carbocycles. The SMILES string of the molecule is COC(=O)c1c(NC(=O)Cc2ccc(S(=O)(=O)C(C)C)cc2)sc2c1CCCC2. The van der Waals surface area contributed by atoms with Gasteiger partial charge >= 0.3 is 5.97 Å². The summed E-state index contributed by atoms with van der Waals surface area (Å²) < 4.78 is 29.3. The van der Waals surface area contributed by atoms with E-state index in [1.165, 1.54) is 30.6 Å². The highest BCUT2D eigenvalue weighted by Gasteiger charge is 2.27. The zero-order valence-corrected chi connectivity index (χ0v) is 18.4. The molecule has 1 aromatic carbocycles. The molecular weight excluding hydrogens is 410 g/mol. The molecule has 0 bridgehead atoms. The van der Waals surface area contributed by atoms with Crippen molar-refractivity contribution in [2.75, 3.05) is 12.4 Å². The van der Waals surface area contributed by atoms with E-state index in [9.17, 15) is 18.0 Å². The monoisotopic (exact) mass is 435 g/mol. The number of aryl methyl sites for hydroxylation is 1. The number of nitrogens with one attached hydrogen (secondary N) is 1. The second-order valence-corrected chi connectivity index (χ2v) is 11.0. The molecule has 156 valence electrons. The van der Waals surface area contributed by atoms with Crippen molar-refractivity contribution in [3.8, 4) is 0 Å². The number of carbonyl (C=O) groups excluding carboxylic acids is 2. The molecule has 0 unspecified atom stereocenters. The molecule has 0 spiro atoms. The van der Waals surface area contributed by atoms with Crippen LogP contribution < -0.4 is 5.32 Å². The van der Waals surface area contributed by atoms with Crippen LogP contribution in [0.1, 0.15) is 53.1 Å². The van der Waals surface area contributed by atoms with Crippen LogP contribution >= 0.6 is 11.3 Å². The van der Waals surface area contributed by atoms with Gasteiger partial charge in [0.15, 0.2) is 9.84 Å². The summed E-state index contributed by atoms with van der Waals surface area (Å²) in [6, 6.07) is 6.36. The van der Waals surface area contributed by atoms with Gasteiger partial charge in [-0.05, 0) is 62.8 Å². The minimum Gasteiger partial charge on any atom is -0.465 e. The molecule has 0 aliphatic heterocycles. The van der Waals surface area contributed by atoms with E-state index in [1.807, 2.05) is 0 Å². The molecule has 1 N–H and O–H groups in total. The van der Waals surface area contributed by atoms with Gasteiger partial charge in [0.2, 0.25) is 5.91 Å². The number of hydrogen-bond acceptors (Lipinski definition) is 6. The first-order valence-corrected chi connectivity index (χ1v) is 12.0. The van der Waals surface area contributed by atoms with Crippen LogP contribution in [-0.4, -0.2) is 32.7 Å². The van der Waals surface area contributed by atoms with Crippen LogP contribution in [0.4, 0.5) is 5.00 Å². The first-order valence-electron chi connectivity index (χ1n) is 9.59. The summed E-state index contributed by atoms with van der Waals surface area (Å²) in [6.07, 6.45) is 3.91. The number of carbonyl (C=O) groups is 2. The number of fused-ring (bicyclic) bond motifs is 1. The fraction of sp³-hybridized carbons (Fsp3) is 0.429. The van der Waals surface area contributed by atoms with Crippen molar-refractivity contribution in [1.82, 2.24) is 0 Å². The molecule has 1 aliphatic carbocycles. The zero-order valence-electron chi connectivity index (χ0n) is 16.8. The molecule has 3 rings (SSSR count). The molecule has 0 radical (unpaired) electrons. The molecular formula is C21H25NO5S2. The number of esters is 1. The average Bonchev–Trinajstić information content (AvgIpc) is 3.05. The molecule has 29 heavy (non-hydrogen) atoms. The summed E-state index contributed by atoms with van der Waals surface area (Å²) >= 11 is 1.44. The van der Waals surface area contributed by atoms with Crippen LogP contribution in [0.5, 0.6) is 0 Å². The van der Waals surface area contributed by atoms with Gasteiger partial charge in [-0.2, -0.15) is 0 Å². The number of benzene rings is 1. The highest BCUT2D eigenvalue weighted by Crippen LogP contribution is 2.38. The van der Waals surface area contributed by atoms with Gasteiger partial charge in [-0.25, -0.2) is 13.2 Å². The fourth-order valence-electron chi connectivity index (χ4n) is 3.40. The van der Waals surface area contributed by atoms with Crippen LogP contribution in [0, 0.1) is 0 Å². The summed E-state index contributed by atoms with van der Waals surface area (Å²) in [6.45, 7) is 3.27. The minimum absolute atomic E-state index is 0.0885. The predicted molar refractivity (Wildman–Crippen MR) is 113 cm³/mol. The van der Waals surface area contributed by atoms with Gasteiger partial charge in [0.05, 0.1) is 29.2 Å². The molecule has 1 amide bonds. The molecule has 8 heteroatoms. The third kappa shape index (κ3) is 4.53. The number of rotatable bonds is 6. The Bertz CT molecular complexity index is 1020. The maximum Gasteiger partial charge on any atom is 0.341 e. The lowest BCUT2D eigenvalue weighted by Gasteiger charge is -2.12. The molecule has 0 atom stereocenters. The molecule has 0 saturated heterocycles. The molecule has 1 aromatic heterocycles. The van der Waals surface area contributed by atoms with E-state index >= 15 is 0 Å². The molecule has 0 fully saturated rings. The summed E-state index contributed by atoms with van der Waals surface area (Å²) in [5.41, 5.74) is 2.16. The first-order chi connectivity index (χ1) is 13.7. The van der Waals surface area contributed by atoms with Crippen molar-refractivity contribution in [3.63, 3.8) is 0 Å². The van der Waals surface area contributed by atoms with Crippen LogP contribution in [0.2, 0.25) is 0 Å². The molecule has 1 aliphatic rings. The molecule has 1 heterocycles. The Labute approximate surface area is 175 Å². The summed E-state index contributed by atoms with van der Waals surface area (Å²) in [4.78, 5) is 26.2. The number of methoxy groups -OCH3 is 1. The largest absolute Gasteiger partial charge is 0.465 e. The summed E-state index contributed by atoms with van der Waals surface area (Å²) in [5, 5.41) is 2.89. The Morgan fingerprint density at radius 1 is 1.14 bits per heavy atom. The Hall–Kier alpha value is -2.19. The lowest BCUT2D eigenvalue weighted by molar-refractivity contribution is -0.115. The maximum absolute atomic E-state index is 12.6. The van der Waals surface area contributed by atoms with Crippen molar-refractivity contribution < 1.29 is 22.7 Å². The van der Waals surface area contributed by atoms with E-state index in [4.69, 9.17) is 4.74 Å². The topological polar surface area (TPSA) is 89.5 Å². The van der Waals surface area contributed by atoms with E-state index < -0.39 is 21.1 Å². The highest BCUT2D eigenvalue weighted by atomic mass is 32.2. The standard InChI is InChI=1S/C21H25NO5S2/c1-13(2)29(25,26)15-10-8-14(9-11-15)12-18(23)22-20-19(21(24)27-3)16-6-4-5-7-17(16)28-20/h8-11,13H,4-7,12H2,1-3H3,(H,22,23). The van der Waals surface area contributed by atoms with Crippen molar-refractivity contribution in [1.29, 1.82) is 0 Å². The Morgan fingerprint density at radius 3 is 2.41 bits per heavy atom. The van der Waals surface area contributed by atoms with Gasteiger partial charge in [-0.3, -0.25) is 4.79 Å². The van der Waals surface area contributed by atoms with E-state index in [0.717, 1.165) is 36.1 Å². The molecule has 2 aromatic rings. The Balaban J connectivity index is 1.76. The van der Waals surface area contributed by atoms with E-state index in [2.05, 4.69) is 5.32 Å². The van der Waals surface area contributed by atoms with E-state index in [1.54, 1.807) is 26.0 Å². The number of thiophene rings is 1. The quantitative estimate of drug-likeness (QED) is 0.698. The fourth-order valence-corrected chi connectivity index (χ4v) is 5.75. The Kier molecular flexibility index (Phi) is 6.43. The van der Waals surface area contributed by atoms with Gasteiger partial charge < -0.3 is 10.1 Å². The zero-order chi connectivity index (χ0) is 21.2. The normalized spacial score (nSPS) is 13.8. The number of anilines is 1. The van der Waals surface area contributed by atoms with Crippen LogP contribution in [0.3, 0.4) is 0 Å². The van der Waals surface area contributed by atoms with Gasteiger partial charge in [0.25, 0.3) is 0 Å². The van der Waals surface area contributed by atoms with Gasteiger partial charge in [-0.1, -0.05) is 12.1 Å². The smallest absolute Gasteiger partial charge is 0.341 e. The number of sulfone groups is 1. The van der Waals surface area contributed by atoms with Gasteiger partial charge in [-0.15, -0.1) is 11.3 Å². The lowest BCUT2D eigenvalue weighted by Crippen LogP contribution is -2.17. The number of hydrogen-bond donors (Lipinski definition) is 1. The third-order valence-electron chi connectivity index (χ3n) is 5.05. The van der Waals surface area contributed by atoms with Crippen LogP contribution in [0.25, 0.3) is 0 Å². The summed E-state index contributed by atoms with van der Waals surface area (Å²) in [5.74, 6) is -0.684. The van der Waals surface area contributed by atoms with Gasteiger partial charge in [0, 0.05) is 4.88 Å². The third-order valence-corrected chi connectivity index (χ3v) is 8.43. The van der Waals surface area contributed by atoms with E-state index in [0.29, 0.717) is 16.1 Å².